The lowest BCUT2D eigenvalue weighted by atomic mass is 10.1. The van der Waals surface area contributed by atoms with Gasteiger partial charge in [-0.3, -0.25) is 9.69 Å². The molecule has 1 saturated carbocycles. The van der Waals surface area contributed by atoms with Gasteiger partial charge in [0.1, 0.15) is 6.54 Å². The average Bonchev–Trinajstić information content (AvgIpc) is 3.16. The van der Waals surface area contributed by atoms with Gasteiger partial charge < -0.3 is 14.9 Å². The Morgan fingerprint density at radius 3 is 2.52 bits per heavy atom. The highest BCUT2D eigenvalue weighted by Crippen LogP contribution is 2.31. The molecule has 6 nitrogen and oxygen atoms in total. The van der Waals surface area contributed by atoms with E-state index in [0.717, 1.165) is 38.8 Å². The van der Waals surface area contributed by atoms with Crippen LogP contribution in [0.2, 0.25) is 0 Å². The van der Waals surface area contributed by atoms with Crippen molar-refractivity contribution in [2.24, 2.45) is 5.92 Å². The molecule has 2 aliphatic heterocycles. The highest BCUT2D eigenvalue weighted by Gasteiger charge is 2.38. The molecule has 0 spiro atoms. The molecule has 21 heavy (non-hydrogen) atoms. The standard InChI is InChI=1S/C15H25N3O3/c1-16-12-4-5-13(16)9-17(7-6-12)15(21)18(10-14(19)20)8-11-2-3-11/h11-13H,2-10H2,1H3,(H,19,20). The molecule has 2 bridgehead atoms. The number of carbonyl (C=O) groups is 2. The highest BCUT2D eigenvalue weighted by atomic mass is 16.4. The summed E-state index contributed by atoms with van der Waals surface area (Å²) in [6, 6.07) is 0.948. The van der Waals surface area contributed by atoms with Crippen molar-refractivity contribution in [1.29, 1.82) is 0 Å². The van der Waals surface area contributed by atoms with Gasteiger partial charge in [0.25, 0.3) is 0 Å². The van der Waals surface area contributed by atoms with Crippen LogP contribution in [0.3, 0.4) is 0 Å². The number of aliphatic carboxylic acids is 1. The zero-order chi connectivity index (χ0) is 15.0. The van der Waals surface area contributed by atoms with Gasteiger partial charge in [-0.25, -0.2) is 4.79 Å². The van der Waals surface area contributed by atoms with Crippen molar-refractivity contribution in [2.75, 3.05) is 33.2 Å². The molecule has 2 amide bonds. The lowest BCUT2D eigenvalue weighted by Gasteiger charge is -2.31. The van der Waals surface area contributed by atoms with Crippen LogP contribution in [0, 0.1) is 5.92 Å². The molecular weight excluding hydrogens is 270 g/mol. The van der Waals surface area contributed by atoms with Gasteiger partial charge in [-0.05, 0) is 45.1 Å². The van der Waals surface area contributed by atoms with Crippen LogP contribution in [0.5, 0.6) is 0 Å². The van der Waals surface area contributed by atoms with Gasteiger partial charge in [-0.2, -0.15) is 0 Å². The highest BCUT2D eigenvalue weighted by molar-refractivity contribution is 5.80. The summed E-state index contributed by atoms with van der Waals surface area (Å²) in [6.07, 6.45) is 5.62. The molecule has 3 fully saturated rings. The van der Waals surface area contributed by atoms with Crippen LogP contribution in [0.4, 0.5) is 4.79 Å². The van der Waals surface area contributed by atoms with Crippen molar-refractivity contribution < 1.29 is 14.7 Å². The van der Waals surface area contributed by atoms with E-state index in [1.807, 2.05) is 4.90 Å². The summed E-state index contributed by atoms with van der Waals surface area (Å²) < 4.78 is 0. The van der Waals surface area contributed by atoms with Gasteiger partial charge in [0.2, 0.25) is 0 Å². The monoisotopic (exact) mass is 295 g/mol. The third-order valence-electron chi connectivity index (χ3n) is 5.19. The quantitative estimate of drug-likeness (QED) is 0.842. The van der Waals surface area contributed by atoms with Crippen LogP contribution in [-0.2, 0) is 4.79 Å². The Hall–Kier alpha value is -1.30. The van der Waals surface area contributed by atoms with Crippen molar-refractivity contribution in [3.63, 3.8) is 0 Å². The molecule has 3 aliphatic rings. The van der Waals surface area contributed by atoms with Crippen molar-refractivity contribution in [3.8, 4) is 0 Å². The summed E-state index contributed by atoms with van der Waals surface area (Å²) in [7, 11) is 2.15. The van der Waals surface area contributed by atoms with E-state index >= 15 is 0 Å². The topological polar surface area (TPSA) is 64.1 Å². The molecule has 2 heterocycles. The second-order valence-corrected chi connectivity index (χ2v) is 6.79. The first-order valence-electron chi connectivity index (χ1n) is 8.02. The first kappa shape index (κ1) is 14.6. The maximum absolute atomic E-state index is 12.7. The average molecular weight is 295 g/mol. The second-order valence-electron chi connectivity index (χ2n) is 6.79. The number of fused-ring (bicyclic) bond motifs is 2. The Morgan fingerprint density at radius 1 is 1.14 bits per heavy atom. The lowest BCUT2D eigenvalue weighted by molar-refractivity contribution is -0.137. The summed E-state index contributed by atoms with van der Waals surface area (Å²) in [6.45, 7) is 1.93. The number of urea groups is 1. The molecule has 1 aliphatic carbocycles. The van der Waals surface area contributed by atoms with Crippen molar-refractivity contribution in [2.45, 2.75) is 44.2 Å². The molecule has 3 rings (SSSR count). The Balaban J connectivity index is 1.65. The van der Waals surface area contributed by atoms with E-state index in [1.54, 1.807) is 4.90 Å². The molecule has 1 N–H and O–H groups in total. The smallest absolute Gasteiger partial charge is 0.323 e. The van der Waals surface area contributed by atoms with Crippen LogP contribution in [0.15, 0.2) is 0 Å². The van der Waals surface area contributed by atoms with E-state index in [-0.39, 0.29) is 12.6 Å². The van der Waals surface area contributed by atoms with E-state index in [1.165, 1.54) is 6.42 Å². The van der Waals surface area contributed by atoms with E-state index in [2.05, 4.69) is 11.9 Å². The largest absolute Gasteiger partial charge is 0.480 e. The third kappa shape index (κ3) is 3.31. The number of carboxylic acid groups (broad SMARTS) is 1. The SMILES string of the molecule is CN1C2CCC1CN(C(=O)N(CC(=O)O)CC1CC1)CC2. The van der Waals surface area contributed by atoms with E-state index < -0.39 is 5.97 Å². The van der Waals surface area contributed by atoms with Crippen LogP contribution >= 0.6 is 0 Å². The minimum atomic E-state index is -0.919. The van der Waals surface area contributed by atoms with Crippen molar-refractivity contribution in [1.82, 2.24) is 14.7 Å². The number of carbonyl (C=O) groups excluding carboxylic acids is 1. The predicted molar refractivity (Wildman–Crippen MR) is 78.1 cm³/mol. The van der Waals surface area contributed by atoms with E-state index in [9.17, 15) is 9.59 Å². The second kappa shape index (κ2) is 5.83. The predicted octanol–water partition coefficient (Wildman–Crippen LogP) is 1.07. The molecule has 118 valence electrons. The number of hydrogen-bond acceptors (Lipinski definition) is 3. The van der Waals surface area contributed by atoms with Crippen molar-refractivity contribution >= 4 is 12.0 Å². The molecule has 2 saturated heterocycles. The number of rotatable bonds is 4. The fraction of sp³-hybridized carbons (Fsp3) is 0.867. The fourth-order valence-electron chi connectivity index (χ4n) is 3.67. The van der Waals surface area contributed by atoms with Gasteiger partial charge in [-0.1, -0.05) is 0 Å². The Labute approximate surface area is 125 Å². The Kier molecular flexibility index (Phi) is 4.06. The van der Waals surface area contributed by atoms with Gasteiger partial charge >= 0.3 is 12.0 Å². The van der Waals surface area contributed by atoms with Gasteiger partial charge in [-0.15, -0.1) is 0 Å². The molecule has 0 aromatic rings. The third-order valence-corrected chi connectivity index (χ3v) is 5.19. The van der Waals surface area contributed by atoms with E-state index in [4.69, 9.17) is 5.11 Å². The van der Waals surface area contributed by atoms with Gasteiger partial charge in [0.15, 0.2) is 0 Å². The Morgan fingerprint density at radius 2 is 1.86 bits per heavy atom. The summed E-state index contributed by atoms with van der Waals surface area (Å²) >= 11 is 0. The Bertz CT molecular complexity index is 424. The number of likely N-dealkylation sites (N-methyl/N-ethyl adjacent to an activating group) is 1. The molecule has 6 heteroatoms. The molecule has 0 radical (unpaired) electrons. The first-order valence-corrected chi connectivity index (χ1v) is 8.02. The zero-order valence-electron chi connectivity index (χ0n) is 12.7. The van der Waals surface area contributed by atoms with Crippen LogP contribution in [0.25, 0.3) is 0 Å². The molecule has 0 aromatic heterocycles. The molecule has 0 aromatic carbocycles. The zero-order valence-corrected chi connectivity index (χ0v) is 12.7. The van der Waals surface area contributed by atoms with E-state index in [0.29, 0.717) is 24.5 Å². The summed E-state index contributed by atoms with van der Waals surface area (Å²) in [5.41, 5.74) is 0. The first-order chi connectivity index (χ1) is 10.0. The molecule has 2 atom stereocenters. The maximum Gasteiger partial charge on any atom is 0.323 e. The van der Waals surface area contributed by atoms with Crippen LogP contribution in [-0.4, -0.2) is 77.1 Å². The van der Waals surface area contributed by atoms with Gasteiger partial charge in [0, 0.05) is 31.7 Å². The summed E-state index contributed by atoms with van der Waals surface area (Å²) in [4.78, 5) is 29.5. The van der Waals surface area contributed by atoms with Crippen LogP contribution < -0.4 is 0 Å². The minimum absolute atomic E-state index is 0.0785. The summed E-state index contributed by atoms with van der Waals surface area (Å²) in [5.74, 6) is -0.406. The fourth-order valence-corrected chi connectivity index (χ4v) is 3.67. The number of hydrogen-bond donors (Lipinski definition) is 1. The lowest BCUT2D eigenvalue weighted by Crippen LogP contribution is -2.49. The molecular formula is C15H25N3O3. The number of carboxylic acids is 1. The van der Waals surface area contributed by atoms with Crippen LogP contribution in [0.1, 0.15) is 32.1 Å². The van der Waals surface area contributed by atoms with Crippen molar-refractivity contribution in [3.05, 3.63) is 0 Å². The number of amides is 2. The number of likely N-dealkylation sites (tertiary alicyclic amines) is 1. The van der Waals surface area contributed by atoms with Gasteiger partial charge in [0.05, 0.1) is 0 Å². The maximum atomic E-state index is 12.7. The summed E-state index contributed by atoms with van der Waals surface area (Å²) in [5, 5.41) is 9.05. The minimum Gasteiger partial charge on any atom is -0.480 e. The number of nitrogens with zero attached hydrogens (tertiary/aromatic N) is 3. The normalized spacial score (nSPS) is 29.3. The molecule has 2 unspecified atom stereocenters.